The van der Waals surface area contributed by atoms with Crippen LogP contribution in [0.1, 0.15) is 5.69 Å². The van der Waals surface area contributed by atoms with Gasteiger partial charge in [0, 0.05) is 26.7 Å². The molecule has 1 heterocycles. The number of hydrogen-bond acceptors (Lipinski definition) is 5. The summed E-state index contributed by atoms with van der Waals surface area (Å²) in [5.74, 6) is 1.05. The number of aromatic nitrogens is 2. The zero-order valence-electron chi connectivity index (χ0n) is 7.28. The number of nitrogen functional groups attached to an aromatic ring is 1. The summed E-state index contributed by atoms with van der Waals surface area (Å²) < 4.78 is 0. The number of hydrogen-bond donors (Lipinski definition) is 2. The number of nitrogens with zero attached hydrogens (tertiary/aromatic N) is 3. The zero-order chi connectivity index (χ0) is 9.14. The van der Waals surface area contributed by atoms with Gasteiger partial charge in [0.2, 0.25) is 5.95 Å². The predicted octanol–water partition coefficient (Wildman–Crippen LogP) is -0.416. The fraction of sp³-hybridized carbons (Fsp3) is 0.429. The quantitative estimate of drug-likeness (QED) is 0.625. The Balaban J connectivity index is 3.06. The number of anilines is 2. The van der Waals surface area contributed by atoms with Crippen LogP contribution in [0.5, 0.6) is 0 Å². The SMILES string of the molecule is CN(C)c1cc(CN)nc(N)n1. The third kappa shape index (κ3) is 1.82. The van der Waals surface area contributed by atoms with Crippen molar-refractivity contribution in [2.45, 2.75) is 6.54 Å². The first-order chi connectivity index (χ1) is 5.63. The van der Waals surface area contributed by atoms with Crippen LogP contribution in [-0.2, 0) is 6.54 Å². The smallest absolute Gasteiger partial charge is 0.222 e. The van der Waals surface area contributed by atoms with Gasteiger partial charge in [0.15, 0.2) is 0 Å². The van der Waals surface area contributed by atoms with Crippen molar-refractivity contribution in [2.24, 2.45) is 5.73 Å². The molecule has 0 spiro atoms. The van der Waals surface area contributed by atoms with Crippen molar-refractivity contribution >= 4 is 11.8 Å². The van der Waals surface area contributed by atoms with Gasteiger partial charge in [0.1, 0.15) is 5.82 Å². The van der Waals surface area contributed by atoms with E-state index in [2.05, 4.69) is 9.97 Å². The predicted molar refractivity (Wildman–Crippen MR) is 48.7 cm³/mol. The van der Waals surface area contributed by atoms with Crippen molar-refractivity contribution in [3.8, 4) is 0 Å². The molecule has 0 aliphatic carbocycles. The van der Waals surface area contributed by atoms with E-state index in [1.54, 1.807) is 0 Å². The van der Waals surface area contributed by atoms with Gasteiger partial charge < -0.3 is 16.4 Å². The number of rotatable bonds is 2. The average Bonchev–Trinajstić information content (AvgIpc) is 2.03. The Morgan fingerprint density at radius 1 is 1.42 bits per heavy atom. The first kappa shape index (κ1) is 8.73. The van der Waals surface area contributed by atoms with Gasteiger partial charge >= 0.3 is 0 Å². The van der Waals surface area contributed by atoms with Crippen molar-refractivity contribution in [1.82, 2.24) is 9.97 Å². The Hall–Kier alpha value is -1.36. The lowest BCUT2D eigenvalue weighted by Crippen LogP contribution is -2.14. The molecule has 0 aliphatic heterocycles. The summed E-state index contributed by atoms with van der Waals surface area (Å²) in [5, 5.41) is 0. The fourth-order valence-electron chi connectivity index (χ4n) is 0.837. The minimum absolute atomic E-state index is 0.265. The second-order valence-corrected chi connectivity index (χ2v) is 2.67. The highest BCUT2D eigenvalue weighted by Gasteiger charge is 2.01. The summed E-state index contributed by atoms with van der Waals surface area (Å²) in [7, 11) is 3.78. The number of nitrogens with two attached hydrogens (primary N) is 2. The zero-order valence-corrected chi connectivity index (χ0v) is 7.28. The van der Waals surface area contributed by atoms with Gasteiger partial charge in [-0.3, -0.25) is 0 Å². The molecule has 1 rings (SSSR count). The van der Waals surface area contributed by atoms with E-state index in [0.29, 0.717) is 6.54 Å². The van der Waals surface area contributed by atoms with E-state index < -0.39 is 0 Å². The van der Waals surface area contributed by atoms with Crippen molar-refractivity contribution < 1.29 is 0 Å². The molecule has 0 bridgehead atoms. The van der Waals surface area contributed by atoms with Crippen LogP contribution in [0.4, 0.5) is 11.8 Å². The summed E-state index contributed by atoms with van der Waals surface area (Å²) in [5.41, 5.74) is 11.6. The van der Waals surface area contributed by atoms with Gasteiger partial charge in [-0.2, -0.15) is 4.98 Å². The van der Waals surface area contributed by atoms with Crippen LogP contribution in [0.2, 0.25) is 0 Å². The molecule has 0 amide bonds. The van der Waals surface area contributed by atoms with Gasteiger partial charge in [-0.05, 0) is 0 Å². The molecular formula is C7H13N5. The summed E-state index contributed by atoms with van der Waals surface area (Å²) in [6.45, 7) is 0.383. The molecule has 1 aromatic rings. The molecule has 0 saturated heterocycles. The van der Waals surface area contributed by atoms with Crippen LogP contribution in [0, 0.1) is 0 Å². The van der Waals surface area contributed by atoms with Crippen LogP contribution >= 0.6 is 0 Å². The van der Waals surface area contributed by atoms with Crippen LogP contribution in [0.15, 0.2) is 6.07 Å². The van der Waals surface area contributed by atoms with Gasteiger partial charge in [0.25, 0.3) is 0 Å². The summed E-state index contributed by atoms with van der Waals surface area (Å²) in [6.07, 6.45) is 0. The third-order valence-electron chi connectivity index (χ3n) is 1.45. The highest BCUT2D eigenvalue weighted by Crippen LogP contribution is 2.09. The first-order valence-electron chi connectivity index (χ1n) is 3.64. The Bertz CT molecular complexity index is 270. The standard InChI is InChI=1S/C7H13N5/c1-12(2)6-3-5(4-8)10-7(9)11-6/h3H,4,8H2,1-2H3,(H2,9,10,11). The van der Waals surface area contributed by atoms with Crippen molar-refractivity contribution in [3.63, 3.8) is 0 Å². The van der Waals surface area contributed by atoms with Crippen LogP contribution in [0.3, 0.4) is 0 Å². The van der Waals surface area contributed by atoms with Gasteiger partial charge in [-0.25, -0.2) is 4.98 Å². The Kier molecular flexibility index (Phi) is 2.44. The highest BCUT2D eigenvalue weighted by atomic mass is 15.2. The largest absolute Gasteiger partial charge is 0.368 e. The summed E-state index contributed by atoms with van der Waals surface area (Å²) in [6, 6.07) is 1.82. The van der Waals surface area contributed by atoms with Gasteiger partial charge in [0.05, 0.1) is 5.69 Å². The van der Waals surface area contributed by atoms with E-state index in [9.17, 15) is 0 Å². The molecule has 0 fully saturated rings. The summed E-state index contributed by atoms with van der Waals surface area (Å²) >= 11 is 0. The maximum Gasteiger partial charge on any atom is 0.222 e. The van der Waals surface area contributed by atoms with E-state index in [0.717, 1.165) is 11.5 Å². The second kappa shape index (κ2) is 3.36. The molecular weight excluding hydrogens is 154 g/mol. The Morgan fingerprint density at radius 2 is 2.08 bits per heavy atom. The van der Waals surface area contributed by atoms with E-state index in [-0.39, 0.29) is 5.95 Å². The molecule has 0 aromatic carbocycles. The molecule has 5 heteroatoms. The van der Waals surface area contributed by atoms with Crippen LogP contribution in [0.25, 0.3) is 0 Å². The van der Waals surface area contributed by atoms with E-state index >= 15 is 0 Å². The van der Waals surface area contributed by atoms with Crippen LogP contribution < -0.4 is 16.4 Å². The molecule has 12 heavy (non-hydrogen) atoms. The normalized spacial score (nSPS) is 9.92. The fourth-order valence-corrected chi connectivity index (χ4v) is 0.837. The van der Waals surface area contributed by atoms with E-state index in [1.807, 2.05) is 25.1 Å². The molecule has 0 atom stereocenters. The Morgan fingerprint density at radius 3 is 2.58 bits per heavy atom. The van der Waals surface area contributed by atoms with E-state index in [4.69, 9.17) is 11.5 Å². The minimum Gasteiger partial charge on any atom is -0.368 e. The van der Waals surface area contributed by atoms with Crippen LogP contribution in [-0.4, -0.2) is 24.1 Å². The molecule has 0 radical (unpaired) electrons. The summed E-state index contributed by atoms with van der Waals surface area (Å²) in [4.78, 5) is 9.83. The lowest BCUT2D eigenvalue weighted by molar-refractivity contribution is 0.952. The third-order valence-corrected chi connectivity index (χ3v) is 1.45. The maximum atomic E-state index is 5.47. The van der Waals surface area contributed by atoms with Gasteiger partial charge in [-0.1, -0.05) is 0 Å². The molecule has 0 saturated carbocycles. The molecule has 0 unspecified atom stereocenters. The monoisotopic (exact) mass is 167 g/mol. The first-order valence-corrected chi connectivity index (χ1v) is 3.64. The van der Waals surface area contributed by atoms with E-state index in [1.165, 1.54) is 0 Å². The van der Waals surface area contributed by atoms with Crippen molar-refractivity contribution in [2.75, 3.05) is 24.7 Å². The minimum atomic E-state index is 0.265. The van der Waals surface area contributed by atoms with Crippen molar-refractivity contribution in [1.29, 1.82) is 0 Å². The lowest BCUT2D eigenvalue weighted by Gasteiger charge is -2.11. The molecule has 4 N–H and O–H groups in total. The average molecular weight is 167 g/mol. The lowest BCUT2D eigenvalue weighted by atomic mass is 10.4. The molecule has 66 valence electrons. The Labute approximate surface area is 71.4 Å². The van der Waals surface area contributed by atoms with Gasteiger partial charge in [-0.15, -0.1) is 0 Å². The topological polar surface area (TPSA) is 81.1 Å². The van der Waals surface area contributed by atoms with Crippen molar-refractivity contribution in [3.05, 3.63) is 11.8 Å². The molecule has 0 aliphatic rings. The highest BCUT2D eigenvalue weighted by molar-refractivity contribution is 5.41. The maximum absolute atomic E-state index is 5.47. The second-order valence-electron chi connectivity index (χ2n) is 2.67. The molecule has 1 aromatic heterocycles. The molecule has 5 nitrogen and oxygen atoms in total.